The smallest absolute Gasteiger partial charge is 0.339 e. The highest BCUT2D eigenvalue weighted by Crippen LogP contribution is 2.29. The number of hydrogen-bond acceptors (Lipinski definition) is 6. The summed E-state index contributed by atoms with van der Waals surface area (Å²) in [7, 11) is 4.17. The van der Waals surface area contributed by atoms with E-state index in [1.807, 2.05) is 0 Å². The van der Waals surface area contributed by atoms with Crippen LogP contribution in [0.15, 0.2) is 42.5 Å². The minimum absolute atomic E-state index is 0.141. The van der Waals surface area contributed by atoms with E-state index in [0.29, 0.717) is 17.2 Å². The number of benzene rings is 2. The van der Waals surface area contributed by atoms with Gasteiger partial charge in [0.2, 0.25) is 0 Å². The van der Waals surface area contributed by atoms with Gasteiger partial charge in [0.25, 0.3) is 0 Å². The van der Waals surface area contributed by atoms with Crippen LogP contribution >= 0.6 is 0 Å². The largest absolute Gasteiger partial charge is 0.493 e. The Labute approximate surface area is 150 Å². The number of hydrogen-bond donors (Lipinski definition) is 2. The summed E-state index contributed by atoms with van der Waals surface area (Å²) in [5.74, 6) is -1.57. The van der Waals surface area contributed by atoms with Crippen LogP contribution in [0.25, 0.3) is 0 Å². The van der Waals surface area contributed by atoms with Gasteiger partial charge in [-0.15, -0.1) is 0 Å². The first-order valence-electron chi connectivity index (χ1n) is 7.51. The van der Waals surface area contributed by atoms with E-state index in [9.17, 15) is 14.4 Å². The van der Waals surface area contributed by atoms with Crippen molar-refractivity contribution in [1.82, 2.24) is 0 Å². The number of esters is 1. The average Bonchev–Trinajstić information content (AvgIpc) is 2.67. The Morgan fingerprint density at radius 2 is 1.46 bits per heavy atom. The van der Waals surface area contributed by atoms with E-state index >= 15 is 0 Å². The maximum absolute atomic E-state index is 12.1. The van der Waals surface area contributed by atoms with Gasteiger partial charge in [0.1, 0.15) is 0 Å². The molecular formula is C18H18N2O6. The molecule has 2 N–H and O–H groups in total. The third-order valence-corrected chi connectivity index (χ3v) is 3.43. The molecule has 26 heavy (non-hydrogen) atoms. The number of carbonyl (C=O) groups excluding carboxylic acids is 3. The van der Waals surface area contributed by atoms with Crippen LogP contribution in [-0.4, -0.2) is 39.1 Å². The van der Waals surface area contributed by atoms with Crippen molar-refractivity contribution in [3.05, 3.63) is 48.0 Å². The molecule has 8 nitrogen and oxygen atoms in total. The second-order valence-corrected chi connectivity index (χ2v) is 5.02. The molecule has 0 spiro atoms. The van der Waals surface area contributed by atoms with Gasteiger partial charge in [-0.2, -0.15) is 0 Å². The second-order valence-electron chi connectivity index (χ2n) is 5.02. The van der Waals surface area contributed by atoms with Gasteiger partial charge in [0.05, 0.1) is 32.6 Å². The van der Waals surface area contributed by atoms with E-state index in [-0.39, 0.29) is 11.3 Å². The van der Waals surface area contributed by atoms with Crippen LogP contribution in [0, 0.1) is 0 Å². The summed E-state index contributed by atoms with van der Waals surface area (Å²) in [6.45, 7) is 0. The van der Waals surface area contributed by atoms with Gasteiger partial charge in [-0.25, -0.2) is 4.79 Å². The van der Waals surface area contributed by atoms with Crippen LogP contribution in [0.3, 0.4) is 0 Å². The van der Waals surface area contributed by atoms with Crippen molar-refractivity contribution in [1.29, 1.82) is 0 Å². The molecule has 0 aliphatic carbocycles. The first kappa shape index (κ1) is 18.8. The fraction of sp³-hybridized carbons (Fsp3) is 0.167. The molecule has 2 rings (SSSR count). The van der Waals surface area contributed by atoms with E-state index in [1.54, 1.807) is 24.3 Å². The molecule has 2 aromatic carbocycles. The Morgan fingerprint density at radius 3 is 2.12 bits per heavy atom. The number of rotatable bonds is 5. The molecule has 0 saturated heterocycles. The first-order chi connectivity index (χ1) is 12.5. The van der Waals surface area contributed by atoms with Gasteiger partial charge in [0.15, 0.2) is 11.5 Å². The monoisotopic (exact) mass is 358 g/mol. The zero-order chi connectivity index (χ0) is 19.1. The van der Waals surface area contributed by atoms with Gasteiger partial charge in [-0.3, -0.25) is 9.59 Å². The average molecular weight is 358 g/mol. The number of ether oxygens (including phenoxy) is 3. The molecular weight excluding hydrogens is 340 g/mol. The molecule has 0 radical (unpaired) electrons. The van der Waals surface area contributed by atoms with Crippen molar-refractivity contribution in [3.63, 3.8) is 0 Å². The van der Waals surface area contributed by atoms with Crippen molar-refractivity contribution in [3.8, 4) is 11.5 Å². The van der Waals surface area contributed by atoms with Gasteiger partial charge >= 0.3 is 17.8 Å². The highest BCUT2D eigenvalue weighted by atomic mass is 16.5. The molecule has 136 valence electrons. The third kappa shape index (κ3) is 4.29. The van der Waals surface area contributed by atoms with E-state index in [1.165, 1.54) is 39.5 Å². The van der Waals surface area contributed by atoms with Crippen molar-refractivity contribution in [2.24, 2.45) is 0 Å². The zero-order valence-electron chi connectivity index (χ0n) is 14.5. The number of amides is 2. The fourth-order valence-electron chi connectivity index (χ4n) is 2.16. The van der Waals surface area contributed by atoms with Crippen molar-refractivity contribution >= 4 is 29.2 Å². The predicted molar refractivity (Wildman–Crippen MR) is 94.6 cm³/mol. The lowest BCUT2D eigenvalue weighted by atomic mass is 10.2. The molecule has 0 fully saturated rings. The Kier molecular flexibility index (Phi) is 6.15. The number of methoxy groups -OCH3 is 3. The van der Waals surface area contributed by atoms with E-state index in [0.717, 1.165) is 0 Å². The molecule has 0 saturated carbocycles. The van der Waals surface area contributed by atoms with E-state index in [4.69, 9.17) is 9.47 Å². The Morgan fingerprint density at radius 1 is 0.808 bits per heavy atom. The summed E-state index contributed by atoms with van der Waals surface area (Å²) in [6.07, 6.45) is 0. The minimum Gasteiger partial charge on any atom is -0.493 e. The third-order valence-electron chi connectivity index (χ3n) is 3.43. The van der Waals surface area contributed by atoms with Crippen LogP contribution in [0.4, 0.5) is 11.4 Å². The summed E-state index contributed by atoms with van der Waals surface area (Å²) in [6, 6.07) is 10.9. The van der Waals surface area contributed by atoms with Crippen LogP contribution in [-0.2, 0) is 14.3 Å². The van der Waals surface area contributed by atoms with Gasteiger partial charge in [-0.05, 0) is 24.3 Å². The summed E-state index contributed by atoms with van der Waals surface area (Å²) in [5, 5.41) is 4.84. The summed E-state index contributed by atoms with van der Waals surface area (Å²) in [4.78, 5) is 35.9. The standard InChI is InChI=1S/C18H18N2O6/c1-24-14-9-8-11(10-15(14)25-2)19-16(21)17(22)20-13-7-5-4-6-12(13)18(23)26-3/h4-10H,1-3H3,(H,19,21)(H,20,22). The molecule has 0 atom stereocenters. The number of nitrogens with one attached hydrogen (secondary N) is 2. The van der Waals surface area contributed by atoms with Crippen LogP contribution < -0.4 is 20.1 Å². The predicted octanol–water partition coefficient (Wildman–Crippen LogP) is 2.07. The molecule has 2 amide bonds. The second kappa shape index (κ2) is 8.52. The molecule has 2 aromatic rings. The van der Waals surface area contributed by atoms with Gasteiger partial charge < -0.3 is 24.8 Å². The number of para-hydroxylation sites is 1. The number of carbonyl (C=O) groups is 3. The highest BCUT2D eigenvalue weighted by molar-refractivity contribution is 6.44. The lowest BCUT2D eigenvalue weighted by Crippen LogP contribution is -2.29. The van der Waals surface area contributed by atoms with Crippen molar-refractivity contribution < 1.29 is 28.6 Å². The molecule has 0 aliphatic rings. The highest BCUT2D eigenvalue weighted by Gasteiger charge is 2.18. The number of anilines is 2. The summed E-state index contributed by atoms with van der Waals surface area (Å²) < 4.78 is 14.9. The van der Waals surface area contributed by atoms with Crippen LogP contribution in [0.5, 0.6) is 11.5 Å². The summed E-state index contributed by atoms with van der Waals surface area (Å²) in [5.41, 5.74) is 0.665. The molecule has 0 aliphatic heterocycles. The van der Waals surface area contributed by atoms with Gasteiger partial charge in [-0.1, -0.05) is 12.1 Å². The van der Waals surface area contributed by atoms with E-state index < -0.39 is 17.8 Å². The SMILES string of the molecule is COC(=O)c1ccccc1NC(=O)C(=O)Nc1ccc(OC)c(OC)c1. The zero-order valence-corrected chi connectivity index (χ0v) is 14.5. The maximum Gasteiger partial charge on any atom is 0.339 e. The maximum atomic E-state index is 12.1. The van der Waals surface area contributed by atoms with Crippen LogP contribution in [0.2, 0.25) is 0 Å². The Bertz CT molecular complexity index is 834. The van der Waals surface area contributed by atoms with Crippen molar-refractivity contribution in [2.45, 2.75) is 0 Å². The lowest BCUT2D eigenvalue weighted by molar-refractivity contribution is -0.133. The fourth-order valence-corrected chi connectivity index (χ4v) is 2.16. The quantitative estimate of drug-likeness (QED) is 0.626. The minimum atomic E-state index is -0.934. The topological polar surface area (TPSA) is 103 Å². The Balaban J connectivity index is 2.12. The molecule has 0 heterocycles. The van der Waals surface area contributed by atoms with E-state index in [2.05, 4.69) is 15.4 Å². The first-order valence-corrected chi connectivity index (χ1v) is 7.51. The molecule has 0 bridgehead atoms. The van der Waals surface area contributed by atoms with Crippen molar-refractivity contribution in [2.75, 3.05) is 32.0 Å². The molecule has 0 aromatic heterocycles. The van der Waals surface area contributed by atoms with Gasteiger partial charge in [0, 0.05) is 11.8 Å². The summed E-state index contributed by atoms with van der Waals surface area (Å²) >= 11 is 0. The Hall–Kier alpha value is -3.55. The normalized spacial score (nSPS) is 9.81. The molecule has 0 unspecified atom stereocenters. The van der Waals surface area contributed by atoms with Crippen LogP contribution in [0.1, 0.15) is 10.4 Å². The molecule has 8 heteroatoms. The lowest BCUT2D eigenvalue weighted by Gasteiger charge is -2.11.